The summed E-state index contributed by atoms with van der Waals surface area (Å²) in [5, 5.41) is 18.3. The molecule has 0 spiro atoms. The fourth-order valence-electron chi connectivity index (χ4n) is 2.70. The summed E-state index contributed by atoms with van der Waals surface area (Å²) in [4.78, 5) is 27.9. The summed E-state index contributed by atoms with van der Waals surface area (Å²) >= 11 is 0. The molecule has 1 aliphatic rings. The molecule has 0 aromatic heterocycles. The van der Waals surface area contributed by atoms with Gasteiger partial charge < -0.3 is 14.5 Å². The van der Waals surface area contributed by atoms with Gasteiger partial charge in [0, 0.05) is 18.7 Å². The Kier molecular flexibility index (Phi) is 5.84. The van der Waals surface area contributed by atoms with Gasteiger partial charge in [-0.25, -0.2) is 4.79 Å². The predicted molar refractivity (Wildman–Crippen MR) is 94.0 cm³/mol. The molecule has 1 atom stereocenters. The fraction of sp³-hybridized carbons (Fsp3) is 0.474. The van der Waals surface area contributed by atoms with Gasteiger partial charge in [0.1, 0.15) is 11.6 Å². The average molecular weight is 354 g/mol. The van der Waals surface area contributed by atoms with Crippen LogP contribution in [0.5, 0.6) is 0 Å². The van der Waals surface area contributed by atoms with Gasteiger partial charge in [-0.3, -0.25) is 4.79 Å². The highest BCUT2D eigenvalue weighted by Crippen LogP contribution is 2.18. The number of hydrogen-bond acceptors (Lipinski definition) is 5. The van der Waals surface area contributed by atoms with E-state index in [2.05, 4.69) is 12.1 Å². The molecule has 0 aliphatic carbocycles. The molecule has 136 valence electrons. The molecule has 2 amide bonds. The third-order valence-corrected chi connectivity index (χ3v) is 3.90. The van der Waals surface area contributed by atoms with Crippen molar-refractivity contribution in [2.75, 3.05) is 19.6 Å². The van der Waals surface area contributed by atoms with E-state index in [1.807, 2.05) is 0 Å². The molecular formula is C19H22N4O3. The van der Waals surface area contributed by atoms with Gasteiger partial charge in [-0.05, 0) is 38.5 Å². The highest BCUT2D eigenvalue weighted by molar-refractivity contribution is 5.95. The summed E-state index contributed by atoms with van der Waals surface area (Å²) in [6, 6.07) is 10.2. The van der Waals surface area contributed by atoms with E-state index in [-0.39, 0.29) is 25.4 Å². The zero-order valence-corrected chi connectivity index (χ0v) is 15.2. The molecule has 0 radical (unpaired) electrons. The molecule has 1 heterocycles. The number of hydrogen-bond donors (Lipinski definition) is 0. The Morgan fingerprint density at radius 1 is 1.27 bits per heavy atom. The largest absolute Gasteiger partial charge is 0.444 e. The summed E-state index contributed by atoms with van der Waals surface area (Å²) in [6.07, 6.45) is -0.268. The third-order valence-electron chi connectivity index (χ3n) is 3.90. The second-order valence-electron chi connectivity index (χ2n) is 7.11. The standard InChI is InChI=1S/C19H22N4O3/c1-19(2,3)26-18(25)22-9-10-23(16(12-21)13-22)17(24)15-6-4-5-14(11-15)7-8-20/h4-6,11,16H,7,9-10,13H2,1-3H3. The molecule has 7 nitrogen and oxygen atoms in total. The molecule has 1 fully saturated rings. The first-order valence-corrected chi connectivity index (χ1v) is 8.39. The van der Waals surface area contributed by atoms with Crippen LogP contribution in [0.4, 0.5) is 4.79 Å². The van der Waals surface area contributed by atoms with Crippen molar-refractivity contribution in [3.63, 3.8) is 0 Å². The Balaban J connectivity index is 2.11. The van der Waals surface area contributed by atoms with E-state index in [0.29, 0.717) is 12.1 Å². The minimum absolute atomic E-state index is 0.106. The van der Waals surface area contributed by atoms with Crippen LogP contribution in [0.1, 0.15) is 36.7 Å². The number of benzene rings is 1. The van der Waals surface area contributed by atoms with Crippen molar-refractivity contribution in [2.24, 2.45) is 0 Å². The van der Waals surface area contributed by atoms with E-state index in [9.17, 15) is 14.9 Å². The van der Waals surface area contributed by atoms with Crippen molar-refractivity contribution in [3.05, 3.63) is 35.4 Å². The van der Waals surface area contributed by atoms with E-state index >= 15 is 0 Å². The Morgan fingerprint density at radius 2 is 2.00 bits per heavy atom. The maximum atomic E-state index is 12.8. The van der Waals surface area contributed by atoms with Gasteiger partial charge >= 0.3 is 6.09 Å². The van der Waals surface area contributed by atoms with Gasteiger partial charge in [0.2, 0.25) is 0 Å². The summed E-state index contributed by atoms with van der Waals surface area (Å²) in [5.74, 6) is -0.278. The molecule has 1 aromatic carbocycles. The number of ether oxygens (including phenoxy) is 1. The molecule has 26 heavy (non-hydrogen) atoms. The minimum Gasteiger partial charge on any atom is -0.444 e. The van der Waals surface area contributed by atoms with Gasteiger partial charge in [-0.15, -0.1) is 0 Å². The zero-order valence-electron chi connectivity index (χ0n) is 15.2. The molecule has 1 saturated heterocycles. The van der Waals surface area contributed by atoms with Crippen LogP contribution in [-0.4, -0.2) is 53.1 Å². The molecule has 1 aliphatic heterocycles. The lowest BCUT2D eigenvalue weighted by Crippen LogP contribution is -2.56. The highest BCUT2D eigenvalue weighted by atomic mass is 16.6. The van der Waals surface area contributed by atoms with Crippen LogP contribution in [0.25, 0.3) is 0 Å². The predicted octanol–water partition coefficient (Wildman–Crippen LogP) is 2.34. The smallest absolute Gasteiger partial charge is 0.410 e. The van der Waals surface area contributed by atoms with Crippen LogP contribution in [0.3, 0.4) is 0 Å². The third kappa shape index (κ3) is 4.73. The summed E-state index contributed by atoms with van der Waals surface area (Å²) < 4.78 is 5.34. The van der Waals surface area contributed by atoms with Gasteiger partial charge in [-0.2, -0.15) is 10.5 Å². The maximum Gasteiger partial charge on any atom is 0.410 e. The Morgan fingerprint density at radius 3 is 2.62 bits per heavy atom. The number of nitrogens with zero attached hydrogens (tertiary/aromatic N) is 4. The second kappa shape index (κ2) is 7.88. The maximum absolute atomic E-state index is 12.8. The number of amides is 2. The molecule has 7 heteroatoms. The first-order chi connectivity index (χ1) is 12.2. The Hall–Kier alpha value is -3.06. The number of carbonyl (C=O) groups is 2. The number of nitriles is 2. The van der Waals surface area contributed by atoms with E-state index in [1.54, 1.807) is 45.0 Å². The van der Waals surface area contributed by atoms with Gasteiger partial charge in [0.25, 0.3) is 5.91 Å². The quantitative estimate of drug-likeness (QED) is 0.812. The molecule has 1 aromatic rings. The van der Waals surface area contributed by atoms with Gasteiger partial charge in [0.05, 0.1) is 25.1 Å². The van der Waals surface area contributed by atoms with Crippen LogP contribution in [0.15, 0.2) is 24.3 Å². The summed E-state index contributed by atoms with van der Waals surface area (Å²) in [7, 11) is 0. The van der Waals surface area contributed by atoms with Crippen LogP contribution in [-0.2, 0) is 11.2 Å². The molecule has 0 saturated carbocycles. The molecule has 0 N–H and O–H groups in total. The summed E-state index contributed by atoms with van der Waals surface area (Å²) in [6.45, 7) is 5.99. The van der Waals surface area contributed by atoms with E-state index in [1.165, 1.54) is 9.80 Å². The molecule has 0 bridgehead atoms. The van der Waals surface area contributed by atoms with E-state index < -0.39 is 17.7 Å². The van der Waals surface area contributed by atoms with Crippen molar-refractivity contribution in [1.29, 1.82) is 10.5 Å². The average Bonchev–Trinajstić information content (AvgIpc) is 2.59. The van der Waals surface area contributed by atoms with Crippen molar-refractivity contribution in [2.45, 2.75) is 38.8 Å². The van der Waals surface area contributed by atoms with Gasteiger partial charge in [0.15, 0.2) is 0 Å². The molecule has 1 unspecified atom stereocenters. The highest BCUT2D eigenvalue weighted by Gasteiger charge is 2.34. The first kappa shape index (κ1) is 19.3. The van der Waals surface area contributed by atoms with Crippen LogP contribution in [0.2, 0.25) is 0 Å². The van der Waals surface area contributed by atoms with Crippen molar-refractivity contribution in [1.82, 2.24) is 9.80 Å². The van der Waals surface area contributed by atoms with E-state index in [0.717, 1.165) is 5.56 Å². The SMILES string of the molecule is CC(C)(C)OC(=O)N1CCN(C(=O)c2cccc(CC#N)c2)C(C#N)C1. The zero-order chi connectivity index (χ0) is 19.3. The minimum atomic E-state index is -0.747. The lowest BCUT2D eigenvalue weighted by molar-refractivity contribution is 0.00926. The first-order valence-electron chi connectivity index (χ1n) is 8.39. The van der Waals surface area contributed by atoms with Crippen LogP contribution in [0, 0.1) is 22.7 Å². The second-order valence-corrected chi connectivity index (χ2v) is 7.11. The normalized spacial score (nSPS) is 17.2. The lowest BCUT2D eigenvalue weighted by atomic mass is 10.1. The van der Waals surface area contributed by atoms with Crippen molar-refractivity contribution in [3.8, 4) is 12.1 Å². The van der Waals surface area contributed by atoms with Crippen molar-refractivity contribution >= 4 is 12.0 Å². The topological polar surface area (TPSA) is 97.4 Å². The molecule has 2 rings (SSSR count). The van der Waals surface area contributed by atoms with Gasteiger partial charge in [-0.1, -0.05) is 12.1 Å². The van der Waals surface area contributed by atoms with E-state index in [4.69, 9.17) is 10.00 Å². The van der Waals surface area contributed by atoms with Crippen molar-refractivity contribution < 1.29 is 14.3 Å². The summed E-state index contributed by atoms with van der Waals surface area (Å²) in [5.41, 5.74) is 0.566. The Labute approximate surface area is 153 Å². The lowest BCUT2D eigenvalue weighted by Gasteiger charge is -2.38. The number of rotatable bonds is 2. The monoisotopic (exact) mass is 354 g/mol. The Bertz CT molecular complexity index is 770. The fourth-order valence-corrected chi connectivity index (χ4v) is 2.70. The molecular weight excluding hydrogens is 332 g/mol. The number of carbonyl (C=O) groups excluding carboxylic acids is 2. The number of piperazine rings is 1. The van der Waals surface area contributed by atoms with Crippen LogP contribution < -0.4 is 0 Å². The van der Waals surface area contributed by atoms with Crippen LogP contribution >= 0.6 is 0 Å².